The Morgan fingerprint density at radius 2 is 1.94 bits per heavy atom. The second-order valence-electron chi connectivity index (χ2n) is 6.03. The van der Waals surface area contributed by atoms with Gasteiger partial charge in [-0.3, -0.25) is 10.1 Å². The number of methoxy groups -OCH3 is 2. The highest BCUT2D eigenvalue weighted by Crippen LogP contribution is 2.29. The highest BCUT2D eigenvalue weighted by atomic mass is 32.2. The standard InChI is InChI=1S/C19H17N7O4S/c1-28-13-8-9-15(29-2)14(10-13)26-19(23-24-25-26)31-11-16(27)20-18-22-21-17(30-18)12-6-4-3-5-7-12/h3-10H,11H2,1-2H3,(H,20,22,27). The third kappa shape index (κ3) is 4.64. The van der Waals surface area contributed by atoms with Crippen LogP contribution in [0.2, 0.25) is 0 Å². The van der Waals surface area contributed by atoms with Crippen molar-refractivity contribution < 1.29 is 18.7 Å². The first kappa shape index (κ1) is 20.3. The Bertz CT molecular complexity index is 1180. The maximum absolute atomic E-state index is 12.3. The number of ether oxygens (including phenoxy) is 2. The first-order valence-corrected chi connectivity index (χ1v) is 9.99. The lowest BCUT2D eigenvalue weighted by atomic mass is 10.2. The van der Waals surface area contributed by atoms with Gasteiger partial charge in [0.1, 0.15) is 17.2 Å². The van der Waals surface area contributed by atoms with E-state index in [1.165, 1.54) is 4.68 Å². The summed E-state index contributed by atoms with van der Waals surface area (Å²) in [6.07, 6.45) is 0. The van der Waals surface area contributed by atoms with E-state index in [0.717, 1.165) is 17.3 Å². The number of carbonyl (C=O) groups is 1. The number of anilines is 1. The Hall–Kier alpha value is -3.93. The number of rotatable bonds is 8. The molecule has 4 aromatic rings. The summed E-state index contributed by atoms with van der Waals surface area (Å²) >= 11 is 1.14. The number of carbonyl (C=O) groups excluding carboxylic acids is 1. The van der Waals surface area contributed by atoms with Crippen molar-refractivity contribution in [2.75, 3.05) is 25.3 Å². The second kappa shape index (κ2) is 9.26. The predicted octanol–water partition coefficient (Wildman–Crippen LogP) is 2.46. The van der Waals surface area contributed by atoms with Crippen LogP contribution in [0.15, 0.2) is 58.1 Å². The summed E-state index contributed by atoms with van der Waals surface area (Å²) in [5.74, 6) is 1.16. The maximum atomic E-state index is 12.3. The number of nitrogens with one attached hydrogen (secondary N) is 1. The molecule has 0 atom stereocenters. The number of hydrogen-bond donors (Lipinski definition) is 1. The number of amides is 1. The quantitative estimate of drug-likeness (QED) is 0.409. The van der Waals surface area contributed by atoms with Gasteiger partial charge in [-0.2, -0.15) is 4.68 Å². The predicted molar refractivity (Wildman–Crippen MR) is 111 cm³/mol. The van der Waals surface area contributed by atoms with Gasteiger partial charge >= 0.3 is 6.01 Å². The highest BCUT2D eigenvalue weighted by Gasteiger charge is 2.17. The van der Waals surface area contributed by atoms with E-state index in [9.17, 15) is 4.79 Å². The molecule has 0 saturated carbocycles. The molecular weight excluding hydrogens is 422 g/mol. The van der Waals surface area contributed by atoms with E-state index in [-0.39, 0.29) is 17.7 Å². The lowest BCUT2D eigenvalue weighted by molar-refractivity contribution is -0.113. The molecule has 2 aromatic heterocycles. The summed E-state index contributed by atoms with van der Waals surface area (Å²) in [6.45, 7) is 0. The van der Waals surface area contributed by atoms with Crippen molar-refractivity contribution in [2.45, 2.75) is 5.16 Å². The van der Waals surface area contributed by atoms with Crippen LogP contribution in [0.1, 0.15) is 0 Å². The van der Waals surface area contributed by atoms with Gasteiger partial charge in [-0.15, -0.1) is 10.2 Å². The summed E-state index contributed by atoms with van der Waals surface area (Å²) in [4.78, 5) is 12.3. The SMILES string of the molecule is COc1ccc(OC)c(-n2nnnc2SCC(=O)Nc2nnc(-c3ccccc3)o2)c1. The normalized spacial score (nSPS) is 10.6. The second-order valence-corrected chi connectivity index (χ2v) is 6.97. The van der Waals surface area contributed by atoms with Crippen molar-refractivity contribution in [3.8, 4) is 28.6 Å². The smallest absolute Gasteiger partial charge is 0.322 e. The van der Waals surface area contributed by atoms with E-state index in [2.05, 4.69) is 31.0 Å². The zero-order valence-electron chi connectivity index (χ0n) is 16.6. The fourth-order valence-corrected chi connectivity index (χ4v) is 3.32. The van der Waals surface area contributed by atoms with Gasteiger partial charge in [0, 0.05) is 11.6 Å². The zero-order chi connectivity index (χ0) is 21.6. The number of tetrazole rings is 1. The average molecular weight is 439 g/mol. The maximum Gasteiger partial charge on any atom is 0.322 e. The number of benzene rings is 2. The van der Waals surface area contributed by atoms with Gasteiger partial charge in [-0.05, 0) is 34.7 Å². The Morgan fingerprint density at radius 3 is 2.71 bits per heavy atom. The van der Waals surface area contributed by atoms with Crippen LogP contribution in [0.25, 0.3) is 17.1 Å². The molecule has 0 saturated heterocycles. The van der Waals surface area contributed by atoms with E-state index >= 15 is 0 Å². The Morgan fingerprint density at radius 1 is 1.10 bits per heavy atom. The van der Waals surface area contributed by atoms with Crippen LogP contribution in [0.4, 0.5) is 6.01 Å². The van der Waals surface area contributed by atoms with Gasteiger partial charge in [0.05, 0.1) is 20.0 Å². The fraction of sp³-hybridized carbons (Fsp3) is 0.158. The molecule has 0 aliphatic heterocycles. The summed E-state index contributed by atoms with van der Waals surface area (Å²) in [7, 11) is 3.11. The van der Waals surface area contributed by atoms with Gasteiger partial charge in [-0.1, -0.05) is 35.1 Å². The summed E-state index contributed by atoms with van der Waals surface area (Å²) in [6, 6.07) is 14.5. The lowest BCUT2D eigenvalue weighted by Crippen LogP contribution is -2.15. The van der Waals surface area contributed by atoms with Crippen molar-refractivity contribution in [2.24, 2.45) is 0 Å². The summed E-state index contributed by atoms with van der Waals surface area (Å²) in [5.41, 5.74) is 1.34. The molecule has 1 N–H and O–H groups in total. The first-order valence-electron chi connectivity index (χ1n) is 9.00. The molecule has 11 nitrogen and oxygen atoms in total. The van der Waals surface area contributed by atoms with Crippen LogP contribution in [0, 0.1) is 0 Å². The number of aromatic nitrogens is 6. The van der Waals surface area contributed by atoms with Gasteiger partial charge in [0.2, 0.25) is 17.0 Å². The molecule has 31 heavy (non-hydrogen) atoms. The Kier molecular flexibility index (Phi) is 6.08. The molecule has 0 radical (unpaired) electrons. The van der Waals surface area contributed by atoms with Crippen LogP contribution < -0.4 is 14.8 Å². The minimum atomic E-state index is -0.347. The third-order valence-electron chi connectivity index (χ3n) is 4.08. The average Bonchev–Trinajstić information content (AvgIpc) is 3.47. The largest absolute Gasteiger partial charge is 0.497 e. The van der Waals surface area contributed by atoms with E-state index < -0.39 is 0 Å². The topological polar surface area (TPSA) is 130 Å². The van der Waals surface area contributed by atoms with Crippen LogP contribution in [-0.2, 0) is 4.79 Å². The molecule has 1 amide bonds. The van der Waals surface area contributed by atoms with Gasteiger partial charge < -0.3 is 13.9 Å². The summed E-state index contributed by atoms with van der Waals surface area (Å²) < 4.78 is 17.6. The minimum Gasteiger partial charge on any atom is -0.497 e. The molecule has 0 unspecified atom stereocenters. The molecule has 12 heteroatoms. The molecule has 2 heterocycles. The molecule has 0 aliphatic carbocycles. The van der Waals surface area contributed by atoms with Crippen molar-refractivity contribution in [1.82, 2.24) is 30.4 Å². The molecule has 4 rings (SSSR count). The monoisotopic (exact) mass is 439 g/mol. The van der Waals surface area contributed by atoms with Gasteiger partial charge in [0.15, 0.2) is 0 Å². The Balaban J connectivity index is 1.43. The third-order valence-corrected chi connectivity index (χ3v) is 5.00. The molecule has 2 aromatic carbocycles. The molecular formula is C19H17N7O4S. The van der Waals surface area contributed by atoms with Crippen molar-refractivity contribution in [3.05, 3.63) is 48.5 Å². The molecule has 158 valence electrons. The number of thioether (sulfide) groups is 1. The van der Waals surface area contributed by atoms with Crippen LogP contribution in [0.3, 0.4) is 0 Å². The number of hydrogen-bond acceptors (Lipinski definition) is 10. The van der Waals surface area contributed by atoms with Crippen molar-refractivity contribution in [1.29, 1.82) is 0 Å². The van der Waals surface area contributed by atoms with Crippen LogP contribution in [-0.4, -0.2) is 56.3 Å². The first-order chi connectivity index (χ1) is 15.2. The van der Waals surface area contributed by atoms with Crippen molar-refractivity contribution >= 4 is 23.7 Å². The van der Waals surface area contributed by atoms with E-state index in [4.69, 9.17) is 13.9 Å². The van der Waals surface area contributed by atoms with Crippen LogP contribution in [0.5, 0.6) is 11.5 Å². The van der Waals surface area contributed by atoms with Crippen molar-refractivity contribution in [3.63, 3.8) is 0 Å². The fourth-order valence-electron chi connectivity index (χ4n) is 2.64. The molecule has 0 bridgehead atoms. The molecule has 0 aliphatic rings. The lowest BCUT2D eigenvalue weighted by Gasteiger charge is -2.11. The molecule has 0 fully saturated rings. The van der Waals surface area contributed by atoms with Crippen LogP contribution >= 0.6 is 11.8 Å². The minimum absolute atomic E-state index is 0.0125. The van der Waals surface area contributed by atoms with Gasteiger partial charge in [0.25, 0.3) is 0 Å². The molecule has 0 spiro atoms. The van der Waals surface area contributed by atoms with Gasteiger partial charge in [-0.25, -0.2) is 0 Å². The Labute approximate surface area is 180 Å². The van der Waals surface area contributed by atoms with E-state index in [1.54, 1.807) is 32.4 Å². The highest BCUT2D eigenvalue weighted by molar-refractivity contribution is 7.99. The number of nitrogens with zero attached hydrogens (tertiary/aromatic N) is 6. The van der Waals surface area contributed by atoms with E-state index in [1.807, 2.05) is 30.3 Å². The summed E-state index contributed by atoms with van der Waals surface area (Å²) in [5, 5.41) is 22.4. The zero-order valence-corrected chi connectivity index (χ0v) is 17.4. The van der Waals surface area contributed by atoms with E-state index in [0.29, 0.717) is 28.2 Å².